The van der Waals surface area contributed by atoms with Crippen LogP contribution in [0.5, 0.6) is 0 Å². The molecular weight excluding hydrogens is 142 g/mol. The van der Waals surface area contributed by atoms with E-state index in [1.807, 2.05) is 0 Å². The lowest BCUT2D eigenvalue weighted by atomic mass is 10.1. The SMILES string of the molecule is CC(O)CNCC(C)CCO. The van der Waals surface area contributed by atoms with Gasteiger partial charge in [-0.05, 0) is 25.8 Å². The molecule has 0 aliphatic rings. The van der Waals surface area contributed by atoms with E-state index < -0.39 is 0 Å². The van der Waals surface area contributed by atoms with Gasteiger partial charge in [-0.1, -0.05) is 6.92 Å². The minimum atomic E-state index is -0.281. The van der Waals surface area contributed by atoms with Gasteiger partial charge < -0.3 is 15.5 Å². The van der Waals surface area contributed by atoms with E-state index in [1.54, 1.807) is 6.92 Å². The topological polar surface area (TPSA) is 52.5 Å². The molecule has 0 heterocycles. The Morgan fingerprint density at radius 2 is 1.91 bits per heavy atom. The number of aliphatic hydroxyl groups excluding tert-OH is 2. The molecule has 68 valence electrons. The minimum absolute atomic E-state index is 0.248. The smallest absolute Gasteiger partial charge is 0.0636 e. The van der Waals surface area contributed by atoms with Gasteiger partial charge in [-0.15, -0.1) is 0 Å². The van der Waals surface area contributed by atoms with Gasteiger partial charge in [0.05, 0.1) is 6.10 Å². The van der Waals surface area contributed by atoms with E-state index in [0.29, 0.717) is 12.5 Å². The van der Waals surface area contributed by atoms with Crippen molar-refractivity contribution in [3.63, 3.8) is 0 Å². The monoisotopic (exact) mass is 161 g/mol. The Bertz CT molecular complexity index is 86.2. The van der Waals surface area contributed by atoms with Crippen LogP contribution in [0.1, 0.15) is 20.3 Å². The molecule has 0 saturated carbocycles. The zero-order chi connectivity index (χ0) is 8.69. The van der Waals surface area contributed by atoms with E-state index in [4.69, 9.17) is 10.2 Å². The first-order valence-corrected chi connectivity index (χ1v) is 4.16. The normalized spacial score (nSPS) is 16.4. The van der Waals surface area contributed by atoms with Gasteiger partial charge >= 0.3 is 0 Å². The summed E-state index contributed by atoms with van der Waals surface area (Å²) < 4.78 is 0. The van der Waals surface area contributed by atoms with Crippen molar-refractivity contribution in [3.05, 3.63) is 0 Å². The van der Waals surface area contributed by atoms with E-state index >= 15 is 0 Å². The maximum absolute atomic E-state index is 8.88. The largest absolute Gasteiger partial charge is 0.396 e. The molecule has 0 aromatic rings. The summed E-state index contributed by atoms with van der Waals surface area (Å²) in [5, 5.41) is 20.6. The summed E-state index contributed by atoms with van der Waals surface area (Å²) in [5.41, 5.74) is 0. The van der Waals surface area contributed by atoms with Crippen molar-refractivity contribution in [1.82, 2.24) is 5.32 Å². The predicted octanol–water partition coefficient (Wildman–Crippen LogP) is -0.0247. The van der Waals surface area contributed by atoms with Crippen molar-refractivity contribution in [2.75, 3.05) is 19.7 Å². The first-order valence-electron chi connectivity index (χ1n) is 4.16. The Kier molecular flexibility index (Phi) is 6.51. The Morgan fingerprint density at radius 1 is 1.27 bits per heavy atom. The van der Waals surface area contributed by atoms with Crippen LogP contribution in [0.15, 0.2) is 0 Å². The van der Waals surface area contributed by atoms with E-state index in [1.165, 1.54) is 0 Å². The number of hydrogen-bond donors (Lipinski definition) is 3. The van der Waals surface area contributed by atoms with Crippen molar-refractivity contribution >= 4 is 0 Å². The summed E-state index contributed by atoms with van der Waals surface area (Å²) in [4.78, 5) is 0. The van der Waals surface area contributed by atoms with E-state index in [9.17, 15) is 0 Å². The Labute approximate surface area is 68.4 Å². The van der Waals surface area contributed by atoms with Gasteiger partial charge in [0.2, 0.25) is 0 Å². The van der Waals surface area contributed by atoms with Crippen LogP contribution in [0.3, 0.4) is 0 Å². The Balaban J connectivity index is 3.10. The molecule has 2 unspecified atom stereocenters. The third-order valence-corrected chi connectivity index (χ3v) is 1.55. The predicted molar refractivity (Wildman–Crippen MR) is 45.4 cm³/mol. The van der Waals surface area contributed by atoms with Gasteiger partial charge in [-0.25, -0.2) is 0 Å². The average molecular weight is 161 g/mol. The molecule has 0 fully saturated rings. The zero-order valence-electron chi connectivity index (χ0n) is 7.38. The minimum Gasteiger partial charge on any atom is -0.396 e. The molecule has 3 nitrogen and oxygen atoms in total. The van der Waals surface area contributed by atoms with Crippen LogP contribution in [0.25, 0.3) is 0 Å². The molecule has 0 spiro atoms. The summed E-state index contributed by atoms with van der Waals surface area (Å²) in [6, 6.07) is 0. The van der Waals surface area contributed by atoms with E-state index in [0.717, 1.165) is 13.0 Å². The number of hydrogen-bond acceptors (Lipinski definition) is 3. The summed E-state index contributed by atoms with van der Waals surface area (Å²) in [6.07, 6.45) is 0.545. The van der Waals surface area contributed by atoms with E-state index in [2.05, 4.69) is 12.2 Å². The first kappa shape index (κ1) is 10.9. The second kappa shape index (κ2) is 6.58. The second-order valence-corrected chi connectivity index (χ2v) is 3.12. The van der Waals surface area contributed by atoms with Crippen LogP contribution in [0.2, 0.25) is 0 Å². The van der Waals surface area contributed by atoms with Gasteiger partial charge in [0.1, 0.15) is 0 Å². The van der Waals surface area contributed by atoms with Crippen LogP contribution in [-0.4, -0.2) is 36.0 Å². The van der Waals surface area contributed by atoms with Crippen LogP contribution in [0, 0.1) is 5.92 Å². The molecule has 0 bridgehead atoms. The van der Waals surface area contributed by atoms with E-state index in [-0.39, 0.29) is 12.7 Å². The van der Waals surface area contributed by atoms with Crippen LogP contribution >= 0.6 is 0 Å². The maximum atomic E-state index is 8.88. The molecule has 0 rings (SSSR count). The molecule has 3 N–H and O–H groups in total. The standard InChI is InChI=1S/C8H19NO2/c1-7(3-4-10)5-9-6-8(2)11/h7-11H,3-6H2,1-2H3. The van der Waals surface area contributed by atoms with Gasteiger partial charge in [0, 0.05) is 13.2 Å². The lowest BCUT2D eigenvalue weighted by Gasteiger charge is -2.11. The number of rotatable bonds is 6. The fourth-order valence-corrected chi connectivity index (χ4v) is 0.861. The molecular formula is C8H19NO2. The van der Waals surface area contributed by atoms with Gasteiger partial charge in [-0.2, -0.15) is 0 Å². The zero-order valence-corrected chi connectivity index (χ0v) is 7.38. The summed E-state index contributed by atoms with van der Waals surface area (Å²) >= 11 is 0. The van der Waals surface area contributed by atoms with Crippen molar-refractivity contribution in [1.29, 1.82) is 0 Å². The second-order valence-electron chi connectivity index (χ2n) is 3.12. The molecule has 0 radical (unpaired) electrons. The van der Waals surface area contributed by atoms with Crippen molar-refractivity contribution in [2.45, 2.75) is 26.4 Å². The quantitative estimate of drug-likeness (QED) is 0.513. The number of aliphatic hydroxyl groups is 2. The lowest BCUT2D eigenvalue weighted by molar-refractivity contribution is 0.187. The highest BCUT2D eigenvalue weighted by atomic mass is 16.3. The third kappa shape index (κ3) is 7.78. The van der Waals surface area contributed by atoms with Gasteiger partial charge in [0.15, 0.2) is 0 Å². The summed E-state index contributed by atoms with van der Waals surface area (Å²) in [5.74, 6) is 0.485. The molecule has 0 aromatic heterocycles. The molecule has 0 amide bonds. The first-order chi connectivity index (χ1) is 5.16. The maximum Gasteiger partial charge on any atom is 0.0636 e. The molecule has 0 saturated heterocycles. The highest BCUT2D eigenvalue weighted by Crippen LogP contribution is 1.97. The van der Waals surface area contributed by atoms with Crippen molar-refractivity contribution in [2.24, 2.45) is 5.92 Å². The fraction of sp³-hybridized carbons (Fsp3) is 1.00. The Hall–Kier alpha value is -0.120. The highest BCUT2D eigenvalue weighted by molar-refractivity contribution is 4.58. The third-order valence-electron chi connectivity index (χ3n) is 1.55. The van der Waals surface area contributed by atoms with Crippen LogP contribution in [0.4, 0.5) is 0 Å². The van der Waals surface area contributed by atoms with Gasteiger partial charge in [0.25, 0.3) is 0 Å². The number of nitrogens with one attached hydrogen (secondary N) is 1. The molecule has 3 heteroatoms. The summed E-state index contributed by atoms with van der Waals surface area (Å²) in [7, 11) is 0. The average Bonchev–Trinajstić information content (AvgIpc) is 1.87. The fourth-order valence-electron chi connectivity index (χ4n) is 0.861. The van der Waals surface area contributed by atoms with Crippen LogP contribution < -0.4 is 5.32 Å². The van der Waals surface area contributed by atoms with Crippen LogP contribution in [-0.2, 0) is 0 Å². The molecule has 0 aromatic carbocycles. The van der Waals surface area contributed by atoms with Gasteiger partial charge in [-0.3, -0.25) is 0 Å². The van der Waals surface area contributed by atoms with Crippen molar-refractivity contribution < 1.29 is 10.2 Å². The van der Waals surface area contributed by atoms with Crippen molar-refractivity contribution in [3.8, 4) is 0 Å². The molecule has 0 aliphatic heterocycles. The molecule has 11 heavy (non-hydrogen) atoms. The lowest BCUT2D eigenvalue weighted by Crippen LogP contribution is -2.28. The molecule has 0 aliphatic carbocycles. The molecule has 2 atom stereocenters. The summed E-state index contributed by atoms with van der Waals surface area (Å²) in [6.45, 7) is 5.58. The Morgan fingerprint density at radius 3 is 2.36 bits per heavy atom. The highest BCUT2D eigenvalue weighted by Gasteiger charge is 2.00.